The van der Waals surface area contributed by atoms with Gasteiger partial charge in [0.2, 0.25) is 0 Å². The van der Waals surface area contributed by atoms with Crippen LogP contribution in [0.2, 0.25) is 0 Å². The summed E-state index contributed by atoms with van der Waals surface area (Å²) in [5, 5.41) is 5.81. The van der Waals surface area contributed by atoms with Gasteiger partial charge in [0.05, 0.1) is 11.1 Å². The summed E-state index contributed by atoms with van der Waals surface area (Å²) in [5.41, 5.74) is 7.53. The number of fused-ring (bicyclic) bond motifs is 2. The molecule has 2 aromatic heterocycles. The van der Waals surface area contributed by atoms with Gasteiger partial charge in [-0.15, -0.1) is 11.3 Å². The minimum atomic E-state index is -0.0692. The largest absolute Gasteiger partial charge is 0.485 e. The number of rotatable bonds is 4. The molecule has 6 heteroatoms. The summed E-state index contributed by atoms with van der Waals surface area (Å²) in [6.45, 7) is 4.23. The van der Waals surface area contributed by atoms with Crippen molar-refractivity contribution in [3.8, 4) is 5.75 Å². The van der Waals surface area contributed by atoms with Gasteiger partial charge in [-0.2, -0.15) is 5.10 Å². The number of hydrogen-bond donors (Lipinski definition) is 1. The zero-order chi connectivity index (χ0) is 20.5. The molecular formula is C24H22N4OS. The van der Waals surface area contributed by atoms with Crippen LogP contribution in [0.4, 0.5) is 5.82 Å². The van der Waals surface area contributed by atoms with E-state index >= 15 is 0 Å². The van der Waals surface area contributed by atoms with Gasteiger partial charge in [-0.25, -0.2) is 9.97 Å². The molecule has 5 rings (SSSR count). The van der Waals surface area contributed by atoms with Crippen LogP contribution in [0.3, 0.4) is 0 Å². The molecule has 0 saturated heterocycles. The molecule has 3 heterocycles. The first-order valence-electron chi connectivity index (χ1n) is 10.1. The minimum absolute atomic E-state index is 0.0692. The summed E-state index contributed by atoms with van der Waals surface area (Å²) >= 11 is 1.70. The number of hydrogen-bond acceptors (Lipinski definition) is 6. The number of ether oxygens (including phenoxy) is 1. The van der Waals surface area contributed by atoms with Crippen LogP contribution < -0.4 is 10.2 Å². The minimum Gasteiger partial charge on any atom is -0.485 e. The number of nitrogens with zero attached hydrogens (tertiary/aromatic N) is 3. The highest BCUT2D eigenvalue weighted by Gasteiger charge is 2.26. The van der Waals surface area contributed by atoms with Crippen molar-refractivity contribution in [1.29, 1.82) is 0 Å². The molecular weight excluding hydrogens is 392 g/mol. The topological polar surface area (TPSA) is 59.4 Å². The number of aromatic nitrogens is 2. The van der Waals surface area contributed by atoms with Gasteiger partial charge in [-0.05, 0) is 37.1 Å². The lowest BCUT2D eigenvalue weighted by atomic mass is 9.94. The average Bonchev–Trinajstić information content (AvgIpc) is 3.22. The third-order valence-electron chi connectivity index (χ3n) is 5.29. The monoisotopic (exact) mass is 414 g/mol. The lowest BCUT2D eigenvalue weighted by Gasteiger charge is -2.28. The van der Waals surface area contributed by atoms with Crippen LogP contribution in [-0.2, 0) is 6.42 Å². The predicted molar refractivity (Wildman–Crippen MR) is 123 cm³/mol. The smallest absolute Gasteiger partial charge is 0.158 e. The van der Waals surface area contributed by atoms with E-state index in [1.807, 2.05) is 24.3 Å². The number of hydrazone groups is 1. The second kappa shape index (κ2) is 7.88. The van der Waals surface area contributed by atoms with Crippen LogP contribution in [-0.4, -0.2) is 15.7 Å². The van der Waals surface area contributed by atoms with E-state index in [0.29, 0.717) is 6.42 Å². The third-order valence-corrected chi connectivity index (χ3v) is 6.48. The Kier molecular flexibility index (Phi) is 4.93. The third kappa shape index (κ3) is 3.55. The summed E-state index contributed by atoms with van der Waals surface area (Å²) in [7, 11) is 0. The zero-order valence-corrected chi connectivity index (χ0v) is 17.7. The normalized spacial score (nSPS) is 17.0. The van der Waals surface area contributed by atoms with E-state index in [9.17, 15) is 0 Å². The van der Waals surface area contributed by atoms with E-state index in [2.05, 4.69) is 59.6 Å². The first-order valence-corrected chi connectivity index (χ1v) is 10.9. The van der Waals surface area contributed by atoms with Crippen LogP contribution >= 0.6 is 11.3 Å². The Balaban J connectivity index is 1.53. The molecule has 0 radical (unpaired) electrons. The predicted octanol–water partition coefficient (Wildman–Crippen LogP) is 5.90. The van der Waals surface area contributed by atoms with Crippen molar-refractivity contribution in [2.75, 3.05) is 5.43 Å². The quantitative estimate of drug-likeness (QED) is 0.422. The van der Waals surface area contributed by atoms with Crippen LogP contribution in [0.1, 0.15) is 41.0 Å². The van der Waals surface area contributed by atoms with E-state index < -0.39 is 0 Å². The fraction of sp³-hybridized carbons (Fsp3) is 0.208. The highest BCUT2D eigenvalue weighted by molar-refractivity contribution is 7.18. The molecule has 0 fully saturated rings. The van der Waals surface area contributed by atoms with E-state index in [-0.39, 0.29) is 6.10 Å². The van der Waals surface area contributed by atoms with Crippen molar-refractivity contribution in [2.45, 2.75) is 32.8 Å². The van der Waals surface area contributed by atoms with E-state index in [4.69, 9.17) is 9.84 Å². The van der Waals surface area contributed by atoms with Gasteiger partial charge < -0.3 is 4.74 Å². The van der Waals surface area contributed by atoms with Gasteiger partial charge in [0.25, 0.3) is 0 Å². The van der Waals surface area contributed by atoms with Crippen LogP contribution in [0.25, 0.3) is 10.2 Å². The highest BCUT2D eigenvalue weighted by Crippen LogP contribution is 2.36. The molecule has 150 valence electrons. The molecule has 0 spiro atoms. The van der Waals surface area contributed by atoms with Crippen LogP contribution in [0, 0.1) is 6.92 Å². The summed E-state index contributed by atoms with van der Waals surface area (Å²) in [6.07, 6.45) is 3.19. The number of benzene rings is 2. The van der Waals surface area contributed by atoms with Crippen molar-refractivity contribution in [1.82, 2.24) is 9.97 Å². The molecule has 0 saturated carbocycles. The van der Waals surface area contributed by atoms with Crippen molar-refractivity contribution in [2.24, 2.45) is 5.10 Å². The molecule has 1 aliphatic heterocycles. The number of nitrogens with one attached hydrogen (secondary N) is 1. The SMILES string of the molecule is CCc1cc2c(NN=C3CC(c4ccccc4)Oc4ccc(C)cc43)ncnc2s1. The number of aryl methyl sites for hydroxylation is 2. The van der Waals surface area contributed by atoms with Gasteiger partial charge in [-0.1, -0.05) is 48.9 Å². The van der Waals surface area contributed by atoms with Crippen molar-refractivity contribution < 1.29 is 4.74 Å². The van der Waals surface area contributed by atoms with Crippen molar-refractivity contribution in [3.63, 3.8) is 0 Å². The maximum absolute atomic E-state index is 6.31. The molecule has 1 aliphatic rings. The maximum Gasteiger partial charge on any atom is 0.158 e. The molecule has 0 bridgehead atoms. The standard InChI is InChI=1S/C24H22N4OS/c1-3-17-12-19-23(25-14-26-24(19)30-17)28-27-20-13-22(16-7-5-4-6-8-16)29-21-10-9-15(2)11-18(20)21/h4-12,14,22H,3,13H2,1-2H3,(H,25,26,28). The molecule has 0 aliphatic carbocycles. The van der Waals surface area contributed by atoms with Gasteiger partial charge in [0, 0.05) is 16.9 Å². The summed E-state index contributed by atoms with van der Waals surface area (Å²) in [5.74, 6) is 1.60. The van der Waals surface area contributed by atoms with Gasteiger partial charge in [0.15, 0.2) is 5.82 Å². The lowest BCUT2D eigenvalue weighted by Crippen LogP contribution is -2.22. The Labute approximate surface area is 179 Å². The molecule has 30 heavy (non-hydrogen) atoms. The van der Waals surface area contributed by atoms with E-state index in [0.717, 1.165) is 45.0 Å². The van der Waals surface area contributed by atoms with E-state index in [1.54, 1.807) is 17.7 Å². The maximum atomic E-state index is 6.31. The molecule has 1 N–H and O–H groups in total. The summed E-state index contributed by atoms with van der Waals surface area (Å²) in [4.78, 5) is 11.1. The molecule has 2 aromatic carbocycles. The molecule has 5 nitrogen and oxygen atoms in total. The van der Waals surface area contributed by atoms with E-state index in [1.165, 1.54) is 10.4 Å². The molecule has 1 unspecified atom stereocenters. The Morgan fingerprint density at radius 3 is 2.83 bits per heavy atom. The first kappa shape index (κ1) is 18.8. The Hall–Kier alpha value is -3.25. The molecule has 4 aromatic rings. The summed E-state index contributed by atoms with van der Waals surface area (Å²) in [6, 6.07) is 18.7. The second-order valence-corrected chi connectivity index (χ2v) is 8.51. The van der Waals surface area contributed by atoms with Crippen molar-refractivity contribution in [3.05, 3.63) is 82.5 Å². The Morgan fingerprint density at radius 2 is 2.00 bits per heavy atom. The fourth-order valence-electron chi connectivity index (χ4n) is 3.70. The first-order chi connectivity index (χ1) is 14.7. The fourth-order valence-corrected chi connectivity index (χ4v) is 4.64. The van der Waals surface area contributed by atoms with Crippen LogP contribution in [0.5, 0.6) is 5.75 Å². The van der Waals surface area contributed by atoms with Crippen molar-refractivity contribution >= 4 is 33.1 Å². The Bertz CT molecular complexity index is 1230. The molecule has 0 amide bonds. The van der Waals surface area contributed by atoms with Gasteiger partial charge in [0.1, 0.15) is 23.0 Å². The number of anilines is 1. The lowest BCUT2D eigenvalue weighted by molar-refractivity contribution is 0.206. The van der Waals surface area contributed by atoms with Gasteiger partial charge >= 0.3 is 0 Å². The second-order valence-electron chi connectivity index (χ2n) is 7.40. The molecule has 1 atom stereocenters. The van der Waals surface area contributed by atoms with Gasteiger partial charge in [-0.3, -0.25) is 5.43 Å². The number of thiophene rings is 1. The summed E-state index contributed by atoms with van der Waals surface area (Å²) < 4.78 is 6.31. The Morgan fingerprint density at radius 1 is 1.13 bits per heavy atom. The van der Waals surface area contributed by atoms with Crippen LogP contribution in [0.15, 0.2) is 66.0 Å². The zero-order valence-electron chi connectivity index (χ0n) is 16.9. The highest BCUT2D eigenvalue weighted by atomic mass is 32.1. The average molecular weight is 415 g/mol.